The van der Waals surface area contributed by atoms with Gasteiger partial charge in [-0.05, 0) is 25.0 Å². The van der Waals surface area contributed by atoms with Crippen molar-refractivity contribution in [2.75, 3.05) is 6.54 Å². The predicted octanol–water partition coefficient (Wildman–Crippen LogP) is 1.95. The molecule has 3 N–H and O–H groups in total. The van der Waals surface area contributed by atoms with Crippen LogP contribution < -0.4 is 11.1 Å². The minimum Gasteiger partial charge on any atom is -0.459 e. The van der Waals surface area contributed by atoms with Crippen molar-refractivity contribution in [3.63, 3.8) is 0 Å². The first-order valence-corrected chi connectivity index (χ1v) is 5.22. The molecule has 1 aromatic heterocycles. The number of carbonyl (C=O) groups is 1. The normalized spacial score (nSPS) is 10.7. The molecule has 0 fully saturated rings. The Balaban J connectivity index is 0.00000225. The standard InChI is InChI=1S/C11H18N2O2.ClH/c1-3-11(12,4-2)8-13-10(14)9-6-5-7-15-9;/h5-7H,3-4,8,12H2,1-2H3,(H,13,14);1H. The Hall–Kier alpha value is -1.00. The maximum atomic E-state index is 11.5. The summed E-state index contributed by atoms with van der Waals surface area (Å²) < 4.78 is 4.97. The van der Waals surface area contributed by atoms with Gasteiger partial charge in [0.15, 0.2) is 5.76 Å². The van der Waals surface area contributed by atoms with Gasteiger partial charge in [0, 0.05) is 12.1 Å². The lowest BCUT2D eigenvalue weighted by atomic mass is 9.94. The number of halogens is 1. The lowest BCUT2D eigenvalue weighted by Crippen LogP contribution is -2.49. The minimum atomic E-state index is -0.317. The Morgan fingerprint density at radius 1 is 1.50 bits per heavy atom. The van der Waals surface area contributed by atoms with E-state index >= 15 is 0 Å². The fraction of sp³-hybridized carbons (Fsp3) is 0.545. The Morgan fingerprint density at radius 2 is 2.12 bits per heavy atom. The van der Waals surface area contributed by atoms with Crippen LogP contribution in [0.3, 0.4) is 0 Å². The van der Waals surface area contributed by atoms with Gasteiger partial charge in [0.1, 0.15) is 0 Å². The molecular formula is C11H19ClN2O2. The van der Waals surface area contributed by atoms with Gasteiger partial charge in [-0.15, -0.1) is 12.4 Å². The van der Waals surface area contributed by atoms with E-state index in [9.17, 15) is 4.79 Å². The van der Waals surface area contributed by atoms with Crippen molar-refractivity contribution < 1.29 is 9.21 Å². The summed E-state index contributed by atoms with van der Waals surface area (Å²) in [6, 6.07) is 3.32. The van der Waals surface area contributed by atoms with Crippen LogP contribution in [0.2, 0.25) is 0 Å². The van der Waals surface area contributed by atoms with Gasteiger partial charge >= 0.3 is 0 Å². The monoisotopic (exact) mass is 246 g/mol. The SMILES string of the molecule is CCC(N)(CC)CNC(=O)c1ccco1.Cl. The molecule has 0 bridgehead atoms. The van der Waals surface area contributed by atoms with Crippen LogP contribution in [-0.4, -0.2) is 18.0 Å². The molecule has 0 saturated carbocycles. The first-order valence-electron chi connectivity index (χ1n) is 5.22. The number of nitrogens with two attached hydrogens (primary N) is 1. The molecule has 0 radical (unpaired) electrons. The largest absolute Gasteiger partial charge is 0.459 e. The summed E-state index contributed by atoms with van der Waals surface area (Å²) in [4.78, 5) is 11.5. The van der Waals surface area contributed by atoms with Crippen LogP contribution in [0.4, 0.5) is 0 Å². The van der Waals surface area contributed by atoms with Gasteiger partial charge in [0.25, 0.3) is 5.91 Å². The average molecular weight is 247 g/mol. The van der Waals surface area contributed by atoms with Crippen molar-refractivity contribution in [1.29, 1.82) is 0 Å². The molecule has 5 heteroatoms. The first-order chi connectivity index (χ1) is 7.11. The number of hydrogen-bond donors (Lipinski definition) is 2. The third kappa shape index (κ3) is 3.87. The van der Waals surface area contributed by atoms with Crippen molar-refractivity contribution in [1.82, 2.24) is 5.32 Å². The van der Waals surface area contributed by atoms with Gasteiger partial charge in [-0.3, -0.25) is 4.79 Å². The van der Waals surface area contributed by atoms with Gasteiger partial charge < -0.3 is 15.5 Å². The van der Waals surface area contributed by atoms with Crippen molar-refractivity contribution in [3.8, 4) is 0 Å². The molecule has 0 aliphatic carbocycles. The van der Waals surface area contributed by atoms with Crippen LogP contribution >= 0.6 is 12.4 Å². The van der Waals surface area contributed by atoms with E-state index in [-0.39, 0.29) is 23.9 Å². The van der Waals surface area contributed by atoms with E-state index in [0.717, 1.165) is 12.8 Å². The molecule has 16 heavy (non-hydrogen) atoms. The third-order valence-electron chi connectivity index (χ3n) is 2.75. The quantitative estimate of drug-likeness (QED) is 0.835. The number of nitrogens with one attached hydrogen (secondary N) is 1. The Morgan fingerprint density at radius 3 is 2.56 bits per heavy atom. The highest BCUT2D eigenvalue weighted by atomic mass is 35.5. The highest BCUT2D eigenvalue weighted by Gasteiger charge is 2.21. The lowest BCUT2D eigenvalue weighted by molar-refractivity contribution is 0.0914. The molecule has 1 heterocycles. The molecule has 4 nitrogen and oxygen atoms in total. The fourth-order valence-corrected chi connectivity index (χ4v) is 1.25. The van der Waals surface area contributed by atoms with Crippen molar-refractivity contribution in [2.24, 2.45) is 5.73 Å². The van der Waals surface area contributed by atoms with Crippen molar-refractivity contribution in [3.05, 3.63) is 24.2 Å². The molecule has 0 atom stereocenters. The van der Waals surface area contributed by atoms with Crippen LogP contribution in [0.25, 0.3) is 0 Å². The van der Waals surface area contributed by atoms with Crippen LogP contribution in [0.15, 0.2) is 22.8 Å². The average Bonchev–Trinajstić information content (AvgIpc) is 2.79. The minimum absolute atomic E-state index is 0. The topological polar surface area (TPSA) is 68.3 Å². The smallest absolute Gasteiger partial charge is 0.287 e. The van der Waals surface area contributed by atoms with E-state index in [4.69, 9.17) is 10.2 Å². The van der Waals surface area contributed by atoms with Gasteiger partial charge in [0.2, 0.25) is 0 Å². The zero-order valence-corrected chi connectivity index (χ0v) is 10.5. The van der Waals surface area contributed by atoms with Crippen LogP contribution in [0.5, 0.6) is 0 Å². The Labute approximate surface area is 102 Å². The second kappa shape index (κ2) is 6.55. The molecule has 92 valence electrons. The van der Waals surface area contributed by atoms with Crippen LogP contribution in [0.1, 0.15) is 37.2 Å². The highest BCUT2D eigenvalue weighted by molar-refractivity contribution is 5.91. The molecular weight excluding hydrogens is 228 g/mol. The van der Waals surface area contributed by atoms with E-state index in [2.05, 4.69) is 5.32 Å². The number of rotatable bonds is 5. The summed E-state index contributed by atoms with van der Waals surface area (Å²) in [6.07, 6.45) is 3.15. The molecule has 0 aromatic carbocycles. The molecule has 0 aliphatic heterocycles. The van der Waals surface area contributed by atoms with Gasteiger partial charge in [-0.25, -0.2) is 0 Å². The summed E-state index contributed by atoms with van der Waals surface area (Å²) in [7, 11) is 0. The van der Waals surface area contributed by atoms with Crippen LogP contribution in [-0.2, 0) is 0 Å². The Kier molecular flexibility index (Phi) is 6.14. The van der Waals surface area contributed by atoms with Gasteiger partial charge in [-0.2, -0.15) is 0 Å². The van der Waals surface area contributed by atoms with Gasteiger partial charge in [0.05, 0.1) is 6.26 Å². The lowest BCUT2D eigenvalue weighted by Gasteiger charge is -2.26. The summed E-state index contributed by atoms with van der Waals surface area (Å²) in [5.41, 5.74) is 5.74. The molecule has 0 saturated heterocycles. The number of hydrogen-bond acceptors (Lipinski definition) is 3. The molecule has 0 aliphatic rings. The fourth-order valence-electron chi connectivity index (χ4n) is 1.25. The van der Waals surface area contributed by atoms with E-state index in [1.807, 2.05) is 13.8 Å². The summed E-state index contributed by atoms with van der Waals surface area (Å²) >= 11 is 0. The highest BCUT2D eigenvalue weighted by Crippen LogP contribution is 2.10. The Bertz CT molecular complexity index is 308. The first kappa shape index (κ1) is 15.0. The molecule has 0 unspecified atom stereocenters. The summed E-state index contributed by atoms with van der Waals surface area (Å²) in [5.74, 6) is 0.112. The number of amides is 1. The molecule has 1 aromatic rings. The molecule has 1 rings (SSSR count). The van der Waals surface area contributed by atoms with Crippen LogP contribution in [0, 0.1) is 0 Å². The molecule has 1 amide bonds. The van der Waals surface area contributed by atoms with Gasteiger partial charge in [-0.1, -0.05) is 13.8 Å². The maximum absolute atomic E-state index is 11.5. The zero-order chi connectivity index (χ0) is 11.3. The molecule has 0 spiro atoms. The zero-order valence-electron chi connectivity index (χ0n) is 9.66. The van der Waals surface area contributed by atoms with E-state index in [0.29, 0.717) is 12.3 Å². The van der Waals surface area contributed by atoms with E-state index < -0.39 is 0 Å². The number of furan rings is 1. The second-order valence-corrected chi connectivity index (χ2v) is 3.73. The predicted molar refractivity (Wildman–Crippen MR) is 65.8 cm³/mol. The van der Waals surface area contributed by atoms with E-state index in [1.54, 1.807) is 12.1 Å². The second-order valence-electron chi connectivity index (χ2n) is 3.73. The summed E-state index contributed by atoms with van der Waals surface area (Å²) in [5, 5.41) is 2.77. The van der Waals surface area contributed by atoms with Crippen molar-refractivity contribution >= 4 is 18.3 Å². The van der Waals surface area contributed by atoms with E-state index in [1.165, 1.54) is 6.26 Å². The maximum Gasteiger partial charge on any atom is 0.287 e. The number of carbonyl (C=O) groups excluding carboxylic acids is 1. The summed E-state index contributed by atoms with van der Waals surface area (Å²) in [6.45, 7) is 4.50. The van der Waals surface area contributed by atoms with Crippen molar-refractivity contribution in [2.45, 2.75) is 32.2 Å². The third-order valence-corrected chi connectivity index (χ3v) is 2.75.